The summed E-state index contributed by atoms with van der Waals surface area (Å²) in [5.41, 5.74) is 7.89. The summed E-state index contributed by atoms with van der Waals surface area (Å²) in [5.74, 6) is 0.746. The fourth-order valence-electron chi connectivity index (χ4n) is 6.28. The summed E-state index contributed by atoms with van der Waals surface area (Å²) in [6, 6.07) is 51.9. The van der Waals surface area contributed by atoms with Gasteiger partial charge in [-0.1, -0.05) is 115 Å². The topological polar surface area (TPSA) is 25.8 Å². The number of aromatic nitrogens is 2. The molecular formula is C40H24N2S2. The molecule has 0 aliphatic carbocycles. The average Bonchev–Trinajstić information content (AvgIpc) is 3.67. The van der Waals surface area contributed by atoms with E-state index in [1.165, 1.54) is 46.9 Å². The van der Waals surface area contributed by atoms with Crippen LogP contribution in [-0.2, 0) is 0 Å². The number of fused-ring (bicyclic) bond motifs is 6. The highest BCUT2D eigenvalue weighted by Crippen LogP contribution is 2.42. The van der Waals surface area contributed by atoms with Crippen molar-refractivity contribution in [2.24, 2.45) is 0 Å². The number of nitrogens with zero attached hydrogens (tertiary/aromatic N) is 2. The molecule has 4 heteroatoms. The highest BCUT2D eigenvalue weighted by atomic mass is 32.1. The molecule has 0 aliphatic heterocycles. The van der Waals surface area contributed by atoms with Gasteiger partial charge in [-0.2, -0.15) is 0 Å². The molecule has 3 aromatic heterocycles. The van der Waals surface area contributed by atoms with Crippen molar-refractivity contribution in [3.63, 3.8) is 0 Å². The van der Waals surface area contributed by atoms with Crippen LogP contribution in [0.4, 0.5) is 0 Å². The van der Waals surface area contributed by atoms with E-state index in [0.717, 1.165) is 38.4 Å². The van der Waals surface area contributed by atoms with Crippen molar-refractivity contribution in [3.05, 3.63) is 146 Å². The van der Waals surface area contributed by atoms with Crippen LogP contribution in [0.15, 0.2) is 146 Å². The SMILES string of the molecule is c1ccc(-c2nc(-c3cccc(-c4cccc(-c5cccc6sc7ccccc7c56)c4)c3)nc3sc4ccccc4c23)cc1. The molecule has 0 saturated heterocycles. The molecule has 9 aromatic rings. The van der Waals surface area contributed by atoms with Crippen LogP contribution >= 0.6 is 22.7 Å². The second-order valence-corrected chi connectivity index (χ2v) is 13.1. The van der Waals surface area contributed by atoms with E-state index in [1.54, 1.807) is 11.3 Å². The normalized spacial score (nSPS) is 11.6. The number of hydrogen-bond donors (Lipinski definition) is 0. The minimum absolute atomic E-state index is 0.746. The van der Waals surface area contributed by atoms with Crippen LogP contribution in [0.5, 0.6) is 0 Å². The van der Waals surface area contributed by atoms with Crippen molar-refractivity contribution in [3.8, 4) is 44.9 Å². The minimum Gasteiger partial charge on any atom is -0.227 e. The number of thiophene rings is 2. The van der Waals surface area contributed by atoms with Gasteiger partial charge in [-0.25, -0.2) is 9.97 Å². The van der Waals surface area contributed by atoms with Gasteiger partial charge >= 0.3 is 0 Å². The monoisotopic (exact) mass is 596 g/mol. The van der Waals surface area contributed by atoms with E-state index >= 15 is 0 Å². The lowest BCUT2D eigenvalue weighted by atomic mass is 9.95. The van der Waals surface area contributed by atoms with Gasteiger partial charge in [0.05, 0.1) is 5.69 Å². The molecule has 0 unspecified atom stereocenters. The highest BCUT2D eigenvalue weighted by molar-refractivity contribution is 7.26. The quantitative estimate of drug-likeness (QED) is 0.202. The van der Waals surface area contributed by atoms with Crippen molar-refractivity contribution >= 4 is 63.1 Å². The molecule has 0 amide bonds. The van der Waals surface area contributed by atoms with E-state index in [4.69, 9.17) is 9.97 Å². The van der Waals surface area contributed by atoms with Crippen molar-refractivity contribution in [2.45, 2.75) is 0 Å². The van der Waals surface area contributed by atoms with E-state index in [1.807, 2.05) is 17.4 Å². The summed E-state index contributed by atoms with van der Waals surface area (Å²) >= 11 is 3.59. The third kappa shape index (κ3) is 4.15. The molecule has 0 aliphatic rings. The number of rotatable bonds is 4. The number of benzene rings is 6. The molecule has 6 aromatic carbocycles. The van der Waals surface area contributed by atoms with Crippen LogP contribution in [0.1, 0.15) is 0 Å². The molecule has 0 saturated carbocycles. The zero-order valence-electron chi connectivity index (χ0n) is 23.6. The maximum Gasteiger partial charge on any atom is 0.161 e. The van der Waals surface area contributed by atoms with Gasteiger partial charge in [-0.3, -0.25) is 0 Å². The Morgan fingerprint density at radius 1 is 0.386 bits per heavy atom. The van der Waals surface area contributed by atoms with Gasteiger partial charge in [0.15, 0.2) is 5.82 Å². The summed E-state index contributed by atoms with van der Waals surface area (Å²) < 4.78 is 3.87. The summed E-state index contributed by atoms with van der Waals surface area (Å²) in [6.07, 6.45) is 0. The molecule has 2 nitrogen and oxygen atoms in total. The van der Waals surface area contributed by atoms with Crippen LogP contribution in [0.3, 0.4) is 0 Å². The second-order valence-electron chi connectivity index (χ2n) is 11.0. The van der Waals surface area contributed by atoms with Gasteiger partial charge in [0.2, 0.25) is 0 Å². The van der Waals surface area contributed by atoms with E-state index in [2.05, 4.69) is 140 Å². The maximum absolute atomic E-state index is 5.22. The van der Waals surface area contributed by atoms with E-state index in [9.17, 15) is 0 Å². The van der Waals surface area contributed by atoms with Crippen LogP contribution < -0.4 is 0 Å². The van der Waals surface area contributed by atoms with Gasteiger partial charge in [-0.15, -0.1) is 22.7 Å². The van der Waals surface area contributed by atoms with Crippen molar-refractivity contribution in [2.75, 3.05) is 0 Å². The molecule has 0 N–H and O–H groups in total. The third-order valence-electron chi connectivity index (χ3n) is 8.32. The van der Waals surface area contributed by atoms with Crippen LogP contribution in [-0.4, -0.2) is 9.97 Å². The molecule has 44 heavy (non-hydrogen) atoms. The van der Waals surface area contributed by atoms with Gasteiger partial charge in [-0.05, 0) is 52.6 Å². The second kappa shape index (κ2) is 10.2. The summed E-state index contributed by atoms with van der Waals surface area (Å²) in [7, 11) is 0. The molecule has 0 atom stereocenters. The zero-order valence-corrected chi connectivity index (χ0v) is 25.2. The Balaban J connectivity index is 1.18. The predicted octanol–water partition coefficient (Wildman–Crippen LogP) is 11.9. The standard InChI is InChI=1S/C40H24N2S2/c1-2-11-25(12-3-1)38-37-32-18-5-7-21-34(32)44-40(37)42-39(41-38)29-16-9-14-27(24-29)26-13-8-15-28(23-26)30-19-10-22-35-36(30)31-17-4-6-20-33(31)43-35/h1-24H. The Kier molecular flexibility index (Phi) is 5.90. The molecule has 0 fully saturated rings. The molecule has 9 rings (SSSR count). The molecule has 3 heterocycles. The third-order valence-corrected chi connectivity index (χ3v) is 10.5. The lowest BCUT2D eigenvalue weighted by Crippen LogP contribution is -1.94. The first-order valence-electron chi connectivity index (χ1n) is 14.7. The Morgan fingerprint density at radius 3 is 1.75 bits per heavy atom. The fourth-order valence-corrected chi connectivity index (χ4v) is 8.48. The lowest BCUT2D eigenvalue weighted by Gasteiger charge is -2.10. The van der Waals surface area contributed by atoms with Gasteiger partial charge in [0, 0.05) is 46.8 Å². The van der Waals surface area contributed by atoms with E-state index in [-0.39, 0.29) is 0 Å². The van der Waals surface area contributed by atoms with Crippen LogP contribution in [0.2, 0.25) is 0 Å². The van der Waals surface area contributed by atoms with Gasteiger partial charge < -0.3 is 0 Å². The van der Waals surface area contributed by atoms with E-state index in [0.29, 0.717) is 0 Å². The zero-order chi connectivity index (χ0) is 29.0. The largest absolute Gasteiger partial charge is 0.227 e. The average molecular weight is 597 g/mol. The molecule has 0 bridgehead atoms. The molecule has 0 spiro atoms. The molecule has 0 radical (unpaired) electrons. The first kappa shape index (κ1) is 25.3. The van der Waals surface area contributed by atoms with E-state index < -0.39 is 0 Å². The first-order valence-corrected chi connectivity index (χ1v) is 16.3. The number of hydrogen-bond acceptors (Lipinski definition) is 4. The van der Waals surface area contributed by atoms with Gasteiger partial charge in [0.1, 0.15) is 4.83 Å². The Hall–Kier alpha value is -5.16. The van der Waals surface area contributed by atoms with Crippen molar-refractivity contribution < 1.29 is 0 Å². The smallest absolute Gasteiger partial charge is 0.161 e. The van der Waals surface area contributed by atoms with Crippen molar-refractivity contribution in [1.82, 2.24) is 9.97 Å². The Morgan fingerprint density at radius 2 is 0.955 bits per heavy atom. The predicted molar refractivity (Wildman–Crippen MR) is 190 cm³/mol. The Bertz CT molecular complexity index is 2510. The first-order chi connectivity index (χ1) is 21.8. The minimum atomic E-state index is 0.746. The summed E-state index contributed by atoms with van der Waals surface area (Å²) in [4.78, 5) is 11.4. The molecule has 206 valence electrons. The summed E-state index contributed by atoms with van der Waals surface area (Å²) in [6.45, 7) is 0. The lowest BCUT2D eigenvalue weighted by molar-refractivity contribution is 1.24. The highest BCUT2D eigenvalue weighted by Gasteiger charge is 2.17. The molecular weight excluding hydrogens is 573 g/mol. The van der Waals surface area contributed by atoms with Crippen LogP contribution in [0.25, 0.3) is 85.4 Å². The van der Waals surface area contributed by atoms with Crippen LogP contribution in [0, 0.1) is 0 Å². The Labute approximate surface area is 262 Å². The van der Waals surface area contributed by atoms with Crippen molar-refractivity contribution in [1.29, 1.82) is 0 Å². The van der Waals surface area contributed by atoms with Gasteiger partial charge in [0.25, 0.3) is 0 Å². The maximum atomic E-state index is 5.22. The fraction of sp³-hybridized carbons (Fsp3) is 0. The summed E-state index contributed by atoms with van der Waals surface area (Å²) in [5, 5.41) is 4.98.